The van der Waals surface area contributed by atoms with Crippen LogP contribution in [0.3, 0.4) is 0 Å². The number of aryl methyl sites for hydroxylation is 5. The molecule has 5 rings (SSSR count). The van der Waals surface area contributed by atoms with Gasteiger partial charge in [-0.3, -0.25) is 54.9 Å². The standard InChI is InChI=1S/2C5H8N4OS.C5H7N3O2S.2C3H5N3S.C2H2Cl2O.C2H4ClNO.C2H3ClO2.C2H4O2.2H2N.5Y/c2*1-3-7-5(9-8-3)11-2-4(6)10;1-3-6-5(8-7-3)11-2-4(9)10;2*1-2-4-3(7)6-5-2;3*3-1-2(4)5;1-2(3)4;;;;;;;/h2*2H2,1H3,(H3,6,7,8,9,10);2H2,1H3,(H,9,10)(H,6,7,8);2*1H3,(H2,4,5,6,7);1H2;1H2,(H2,4,5);1H2,(H,4,5);1H3,(H,3,4);2*1H2;;;;;/q;;;;;;;;;2*-1;;;;;/p-3. The number of nitrogens with two attached hydrogens (primary N) is 2. The second-order valence-electron chi connectivity index (χ2n) is 10.3. The van der Waals surface area contributed by atoms with Gasteiger partial charge in [0, 0.05) is 182 Å². The first-order valence-corrected chi connectivity index (χ1v) is 22.4. The number of alkyl halides is 3. The largest absolute Gasteiger partial charge is 0.693 e. The Morgan fingerprint density at radius 2 is 0.740 bits per heavy atom. The molecular weight excluding hydrogens is 1540 g/mol. The van der Waals surface area contributed by atoms with Gasteiger partial charge in [0.25, 0.3) is 5.97 Å². The summed E-state index contributed by atoms with van der Waals surface area (Å²) in [5.74, 6) is -1.25. The molecule has 0 unspecified atom stereocenters. The molecule has 0 aliphatic carbocycles. The van der Waals surface area contributed by atoms with Crippen LogP contribution in [0.5, 0.6) is 0 Å². The number of nitrogens with zero attached hydrogens (tertiary/aromatic N) is 8. The van der Waals surface area contributed by atoms with Crippen LogP contribution in [0.15, 0.2) is 15.5 Å². The van der Waals surface area contributed by atoms with Gasteiger partial charge in [0.05, 0.1) is 35.2 Å². The van der Waals surface area contributed by atoms with Gasteiger partial charge < -0.3 is 59.2 Å². The van der Waals surface area contributed by atoms with Crippen molar-refractivity contribution in [3.05, 3.63) is 68.2 Å². The number of amides is 3. The third-order valence-corrected chi connectivity index (χ3v) is 8.20. The molecule has 0 saturated carbocycles. The Labute approximate surface area is 586 Å². The molecule has 3 amide bonds. The van der Waals surface area contributed by atoms with Gasteiger partial charge in [0.2, 0.25) is 30.3 Å². The molecule has 30 nitrogen and oxygen atoms in total. The van der Waals surface area contributed by atoms with Crippen LogP contribution in [-0.4, -0.2) is 167 Å². The fourth-order valence-electron chi connectivity index (χ4n) is 2.25. The molecule has 5 radical (unpaired) electrons. The maximum Gasteiger partial charge on any atom is 0.318 e. The fourth-order valence-corrected chi connectivity index (χ4v) is 4.33. The number of carbonyl (C=O) groups is 7. The summed E-state index contributed by atoms with van der Waals surface area (Å²) in [6, 6.07) is 0. The predicted molar refractivity (Wildman–Crippen MR) is 263 cm³/mol. The van der Waals surface area contributed by atoms with Gasteiger partial charge in [-0.2, -0.15) is 0 Å². The molecule has 5 aromatic rings. The molecule has 73 heavy (non-hydrogen) atoms. The summed E-state index contributed by atoms with van der Waals surface area (Å²) in [5, 5.41) is 54.3. The van der Waals surface area contributed by atoms with Crippen molar-refractivity contribution in [2.24, 2.45) is 0 Å². The Bertz CT molecular complexity index is 2080. The van der Waals surface area contributed by atoms with Gasteiger partial charge in [-0.1, -0.05) is 35.3 Å². The van der Waals surface area contributed by atoms with E-state index in [1.807, 2.05) is 13.8 Å². The minimum atomic E-state index is -0.980. The zero-order chi connectivity index (χ0) is 51.8. The quantitative estimate of drug-likeness (QED) is 0.0259. The van der Waals surface area contributed by atoms with E-state index in [2.05, 4.69) is 100 Å². The van der Waals surface area contributed by atoms with Crippen LogP contribution < -0.4 is 0 Å². The molecule has 0 atom stereocenters. The van der Waals surface area contributed by atoms with Gasteiger partial charge in [-0.05, 0) is 70.7 Å². The average Bonchev–Trinajstić information content (AvgIpc) is 4.09. The second-order valence-corrected chi connectivity index (χ2v) is 15.1. The maximum absolute atomic E-state index is 10.2. The normalized spacial score (nSPS) is 8.14. The van der Waals surface area contributed by atoms with Crippen molar-refractivity contribution >= 4 is 147 Å². The fraction of sp³-hybridized carbons (Fsp3) is 0.414. The summed E-state index contributed by atoms with van der Waals surface area (Å²) < 4.78 is 1.02. The minimum absolute atomic E-state index is 0. The topological polar surface area (TPSA) is 532 Å². The number of H-pyrrole nitrogens is 7. The number of hydrogen-bond acceptors (Lipinski definition) is 20. The summed E-state index contributed by atoms with van der Waals surface area (Å²) in [4.78, 5) is 87.0. The van der Waals surface area contributed by atoms with E-state index in [1.165, 1.54) is 0 Å². The van der Waals surface area contributed by atoms with Crippen LogP contribution in [0, 0.1) is 44.2 Å². The van der Waals surface area contributed by atoms with Crippen molar-refractivity contribution in [3.63, 3.8) is 0 Å². The van der Waals surface area contributed by atoms with Crippen molar-refractivity contribution in [2.45, 2.75) is 57.0 Å². The van der Waals surface area contributed by atoms with Crippen molar-refractivity contribution in [3.8, 4) is 0 Å². The van der Waals surface area contributed by atoms with Crippen LogP contribution in [0.4, 0.5) is 0 Å². The van der Waals surface area contributed by atoms with E-state index in [0.29, 0.717) is 42.5 Å². The second kappa shape index (κ2) is 64.8. The zero-order valence-electron chi connectivity index (χ0n) is 39.1. The summed E-state index contributed by atoms with van der Waals surface area (Å²) in [7, 11) is 0. The molecule has 5 aromatic heterocycles. The SMILES string of the molecule is CC(=O)O.Cc1nc(=S)[nH][nH]1.Cc1nc(=S)[nH][nH]1.Cc1nc(SCC(=O)O)n[nH]1.Cc1nc(SCC([NH-])=O)n[nH]1.Cc1nc(SCC([NH-])=O)n[nH]1.O=C(Cl)CCl.O=C(O)CCl.[NH-]C(=O)CCl.[NH2-].[NH2-].[Y].[Y].[Y].[Y].[Y]. The molecule has 401 valence electrons. The average molecular weight is 1580 g/mol. The molecule has 0 aliphatic heterocycles. The van der Waals surface area contributed by atoms with E-state index in [4.69, 9.17) is 83.7 Å². The minimum Gasteiger partial charge on any atom is -0.693 e. The van der Waals surface area contributed by atoms with Crippen molar-refractivity contribution in [1.82, 2.24) is 75.9 Å². The summed E-state index contributed by atoms with van der Waals surface area (Å²) in [6.07, 6.45) is 0. The van der Waals surface area contributed by atoms with Crippen molar-refractivity contribution in [2.75, 3.05) is 34.9 Å². The number of rotatable bonds is 12. The number of carboxylic acid groups (broad SMARTS) is 3. The Balaban J connectivity index is -0.0000000664. The third-order valence-electron chi connectivity index (χ3n) is 4.30. The molecule has 5 heterocycles. The molecule has 0 saturated heterocycles. The molecule has 0 aliphatic rings. The number of aliphatic carboxylic acids is 3. The smallest absolute Gasteiger partial charge is 0.318 e. The van der Waals surface area contributed by atoms with Gasteiger partial charge in [0.1, 0.15) is 35.0 Å². The zero-order valence-corrected chi connectivity index (χ0v) is 60.4. The Kier molecular flexibility index (Phi) is 87.6. The predicted octanol–water partition coefficient (Wildman–Crippen LogP) is 7.03. The van der Waals surface area contributed by atoms with Gasteiger partial charge in [0.15, 0.2) is 0 Å². The number of thioether (sulfide) groups is 3. The van der Waals surface area contributed by atoms with Crippen LogP contribution in [0.1, 0.15) is 36.0 Å². The Morgan fingerprint density at radius 1 is 0.493 bits per heavy atom. The van der Waals surface area contributed by atoms with E-state index in [0.717, 1.165) is 53.9 Å². The van der Waals surface area contributed by atoms with Crippen LogP contribution in [-0.2, 0) is 197 Å². The Hall–Kier alpha value is 0.279. The maximum atomic E-state index is 10.2. The van der Waals surface area contributed by atoms with E-state index >= 15 is 0 Å². The van der Waals surface area contributed by atoms with E-state index in [1.54, 1.807) is 20.8 Å². The van der Waals surface area contributed by atoms with Gasteiger partial charge >= 0.3 is 11.9 Å². The number of nitrogens with one attached hydrogen (secondary N) is 10. The molecule has 17 N–H and O–H groups in total. The van der Waals surface area contributed by atoms with Crippen molar-refractivity contribution in [1.29, 1.82) is 0 Å². The number of hydrogen-bond donors (Lipinski definition) is 10. The number of carboxylic acids is 3. The molecule has 0 fully saturated rings. The van der Waals surface area contributed by atoms with Gasteiger partial charge in [-0.15, -0.1) is 50.1 Å². The van der Waals surface area contributed by atoms with Crippen LogP contribution >= 0.6 is 106 Å². The van der Waals surface area contributed by atoms with Crippen LogP contribution in [0.25, 0.3) is 29.5 Å². The Morgan fingerprint density at radius 3 is 0.849 bits per heavy atom. The number of aromatic nitrogens is 15. The first kappa shape index (κ1) is 98.7. The summed E-state index contributed by atoms with van der Waals surface area (Å²) in [5.41, 5.74) is 19.3. The molecule has 44 heteroatoms. The number of halogens is 4. The van der Waals surface area contributed by atoms with E-state index in [-0.39, 0.29) is 211 Å². The number of carbonyl (C=O) groups excluding carboxylic acids is 4. The first-order valence-electron chi connectivity index (χ1n) is 16.7. The third kappa shape index (κ3) is 81.3. The van der Waals surface area contributed by atoms with E-state index in [9.17, 15) is 28.8 Å². The molecule has 0 bridgehead atoms. The molecule has 0 aromatic carbocycles. The van der Waals surface area contributed by atoms with Crippen LogP contribution in [0.2, 0.25) is 0 Å². The molecule has 0 spiro atoms. The molecular formula is C29H47Cl4N20O10S5Y5-5. The monoisotopic (exact) mass is 1580 g/mol. The van der Waals surface area contributed by atoms with E-state index < -0.39 is 40.9 Å². The first-order chi connectivity index (χ1) is 30.7. The summed E-state index contributed by atoms with van der Waals surface area (Å²) >= 11 is 31.8. The van der Waals surface area contributed by atoms with Crippen molar-refractivity contribution < 1.29 is 212 Å². The van der Waals surface area contributed by atoms with Gasteiger partial charge in [-0.25, -0.2) is 24.9 Å². The number of aromatic amines is 7. The summed E-state index contributed by atoms with van der Waals surface area (Å²) in [6.45, 7) is 10.1.